The van der Waals surface area contributed by atoms with Crippen molar-refractivity contribution in [1.29, 1.82) is 0 Å². The highest BCUT2D eigenvalue weighted by molar-refractivity contribution is 5.81. The van der Waals surface area contributed by atoms with Crippen LogP contribution >= 0.6 is 0 Å². The summed E-state index contributed by atoms with van der Waals surface area (Å²) in [7, 11) is 0. The molecule has 1 fully saturated rings. The topological polar surface area (TPSA) is 53.2 Å². The maximum Gasteiger partial charge on any atom is 0.0651 e. The molecule has 0 aliphatic carbocycles. The van der Waals surface area contributed by atoms with Gasteiger partial charge in [0.1, 0.15) is 0 Å². The average molecular weight is 288 g/mol. The van der Waals surface area contributed by atoms with Gasteiger partial charge in [-0.1, -0.05) is 13.8 Å². The van der Waals surface area contributed by atoms with Crippen molar-refractivity contribution in [1.82, 2.24) is 15.1 Å². The van der Waals surface area contributed by atoms with Crippen LogP contribution in [0.25, 0.3) is 10.9 Å². The number of aromatic nitrogens is 2. The minimum atomic E-state index is 0.225. The lowest BCUT2D eigenvalue weighted by Gasteiger charge is -2.35. The van der Waals surface area contributed by atoms with Crippen LogP contribution in [0.2, 0.25) is 0 Å². The van der Waals surface area contributed by atoms with Crippen LogP contribution in [-0.4, -0.2) is 54.5 Å². The Labute approximate surface area is 125 Å². The highest BCUT2D eigenvalue weighted by Gasteiger charge is 2.23. The Bertz CT molecular complexity index is 587. The van der Waals surface area contributed by atoms with Crippen molar-refractivity contribution in [3.05, 3.63) is 24.4 Å². The van der Waals surface area contributed by atoms with Gasteiger partial charge in [0.25, 0.3) is 0 Å². The van der Waals surface area contributed by atoms with Crippen LogP contribution in [0.3, 0.4) is 0 Å². The number of H-pyrrole nitrogens is 1. The Morgan fingerprint density at radius 1 is 1.33 bits per heavy atom. The van der Waals surface area contributed by atoms with Gasteiger partial charge in [-0.3, -0.25) is 10.00 Å². The van der Waals surface area contributed by atoms with Gasteiger partial charge < -0.3 is 10.1 Å². The van der Waals surface area contributed by atoms with Crippen LogP contribution in [0.15, 0.2) is 24.4 Å². The molecule has 0 unspecified atom stereocenters. The molecule has 2 aromatic rings. The molecule has 1 aromatic carbocycles. The van der Waals surface area contributed by atoms with Crippen LogP contribution in [0, 0.1) is 5.41 Å². The summed E-state index contributed by atoms with van der Waals surface area (Å²) in [6, 6.07) is 6.31. The third-order valence-corrected chi connectivity index (χ3v) is 3.97. The number of hydrogen-bond acceptors (Lipinski definition) is 4. The molecule has 5 heteroatoms. The fourth-order valence-corrected chi connectivity index (χ4v) is 2.81. The van der Waals surface area contributed by atoms with Crippen molar-refractivity contribution in [2.24, 2.45) is 5.41 Å². The van der Waals surface area contributed by atoms with Crippen molar-refractivity contribution in [2.75, 3.05) is 44.7 Å². The standard InChI is InChI=1S/C16H24N4O/c1-16(2,12-20-5-7-21-8-6-20)11-17-14-3-4-15-13(9-14)10-18-19-15/h3-4,9-10,17H,5-8,11-12H2,1-2H3,(H,18,19). The molecular formula is C16H24N4O. The van der Waals surface area contributed by atoms with Crippen LogP contribution < -0.4 is 5.32 Å². The third-order valence-electron chi connectivity index (χ3n) is 3.97. The number of anilines is 1. The van der Waals surface area contributed by atoms with E-state index in [-0.39, 0.29) is 5.41 Å². The van der Waals surface area contributed by atoms with Crippen LogP contribution in [0.4, 0.5) is 5.69 Å². The predicted molar refractivity (Wildman–Crippen MR) is 85.6 cm³/mol. The van der Waals surface area contributed by atoms with Crippen LogP contribution in [0.1, 0.15) is 13.8 Å². The molecule has 114 valence electrons. The number of nitrogens with zero attached hydrogens (tertiary/aromatic N) is 2. The van der Waals surface area contributed by atoms with Crippen molar-refractivity contribution >= 4 is 16.6 Å². The van der Waals surface area contributed by atoms with Gasteiger partial charge in [-0.25, -0.2) is 0 Å². The van der Waals surface area contributed by atoms with Gasteiger partial charge in [0, 0.05) is 37.3 Å². The second-order valence-corrected chi connectivity index (χ2v) is 6.58. The first-order valence-electron chi connectivity index (χ1n) is 7.60. The molecule has 21 heavy (non-hydrogen) atoms. The van der Waals surface area contributed by atoms with E-state index in [0.29, 0.717) is 0 Å². The number of benzene rings is 1. The molecule has 1 aliphatic heterocycles. The minimum absolute atomic E-state index is 0.225. The summed E-state index contributed by atoms with van der Waals surface area (Å²) in [5.41, 5.74) is 2.45. The van der Waals surface area contributed by atoms with Gasteiger partial charge in [0.05, 0.1) is 24.9 Å². The molecule has 3 rings (SSSR count). The lowest BCUT2D eigenvalue weighted by atomic mass is 9.92. The molecule has 2 heterocycles. The molecule has 1 aromatic heterocycles. The van der Waals surface area contributed by atoms with Gasteiger partial charge >= 0.3 is 0 Å². The second kappa shape index (κ2) is 6.03. The molecule has 0 saturated carbocycles. The Kier molecular flexibility index (Phi) is 4.12. The van der Waals surface area contributed by atoms with E-state index >= 15 is 0 Å². The lowest BCUT2D eigenvalue weighted by molar-refractivity contribution is 0.0229. The zero-order valence-corrected chi connectivity index (χ0v) is 12.9. The highest BCUT2D eigenvalue weighted by Crippen LogP contribution is 2.21. The number of hydrogen-bond donors (Lipinski definition) is 2. The molecule has 1 saturated heterocycles. The van der Waals surface area contributed by atoms with Crippen molar-refractivity contribution < 1.29 is 4.74 Å². The molecule has 0 amide bonds. The SMILES string of the molecule is CC(C)(CNc1ccc2[nH]ncc2c1)CN1CCOCC1. The maximum atomic E-state index is 5.41. The summed E-state index contributed by atoms with van der Waals surface area (Å²) in [5.74, 6) is 0. The first-order valence-corrected chi connectivity index (χ1v) is 7.60. The molecule has 0 atom stereocenters. The summed E-state index contributed by atoms with van der Waals surface area (Å²) in [6.07, 6.45) is 1.86. The smallest absolute Gasteiger partial charge is 0.0651 e. The summed E-state index contributed by atoms with van der Waals surface area (Å²) >= 11 is 0. The van der Waals surface area contributed by atoms with Crippen molar-refractivity contribution in [3.8, 4) is 0 Å². The molecule has 1 aliphatic rings. The highest BCUT2D eigenvalue weighted by atomic mass is 16.5. The quantitative estimate of drug-likeness (QED) is 0.886. The normalized spacial score (nSPS) is 17.2. The van der Waals surface area contributed by atoms with Crippen LogP contribution in [0.5, 0.6) is 0 Å². The lowest BCUT2D eigenvalue weighted by Crippen LogP contribution is -2.44. The fourth-order valence-electron chi connectivity index (χ4n) is 2.81. The summed E-state index contributed by atoms with van der Waals surface area (Å²) in [6.45, 7) is 10.5. The van der Waals surface area contributed by atoms with E-state index in [4.69, 9.17) is 4.74 Å². The Morgan fingerprint density at radius 3 is 2.95 bits per heavy atom. The van der Waals surface area contributed by atoms with E-state index in [1.165, 1.54) is 0 Å². The first-order chi connectivity index (χ1) is 10.1. The van der Waals surface area contributed by atoms with E-state index in [1.54, 1.807) is 0 Å². The largest absolute Gasteiger partial charge is 0.384 e. The Morgan fingerprint density at radius 2 is 2.14 bits per heavy atom. The molecule has 2 N–H and O–H groups in total. The van der Waals surface area contributed by atoms with Gasteiger partial charge in [-0.15, -0.1) is 0 Å². The third kappa shape index (κ3) is 3.74. The minimum Gasteiger partial charge on any atom is -0.384 e. The average Bonchev–Trinajstić information content (AvgIpc) is 2.93. The van der Waals surface area contributed by atoms with Gasteiger partial charge in [-0.2, -0.15) is 5.10 Å². The number of rotatable bonds is 5. The molecule has 5 nitrogen and oxygen atoms in total. The predicted octanol–water partition coefficient (Wildman–Crippen LogP) is 2.33. The molecule has 0 radical (unpaired) electrons. The molecule has 0 spiro atoms. The zero-order chi connectivity index (χ0) is 14.7. The van der Waals surface area contributed by atoms with Gasteiger partial charge in [-0.05, 0) is 23.6 Å². The first kappa shape index (κ1) is 14.4. The van der Waals surface area contributed by atoms with Crippen LogP contribution in [-0.2, 0) is 4.74 Å². The summed E-state index contributed by atoms with van der Waals surface area (Å²) < 4.78 is 5.41. The Balaban J connectivity index is 1.57. The Hall–Kier alpha value is -1.59. The van der Waals surface area contributed by atoms with E-state index in [1.807, 2.05) is 6.20 Å². The number of ether oxygens (including phenoxy) is 1. The van der Waals surface area contributed by atoms with E-state index in [2.05, 4.69) is 52.5 Å². The number of morpholine rings is 1. The molecular weight excluding hydrogens is 264 g/mol. The zero-order valence-electron chi connectivity index (χ0n) is 12.9. The van der Waals surface area contributed by atoms with E-state index in [0.717, 1.165) is 56.0 Å². The second-order valence-electron chi connectivity index (χ2n) is 6.58. The monoisotopic (exact) mass is 288 g/mol. The summed E-state index contributed by atoms with van der Waals surface area (Å²) in [5, 5.41) is 11.7. The number of fused-ring (bicyclic) bond motifs is 1. The number of nitrogens with one attached hydrogen (secondary N) is 2. The van der Waals surface area contributed by atoms with E-state index < -0.39 is 0 Å². The number of aromatic amines is 1. The van der Waals surface area contributed by atoms with Crippen molar-refractivity contribution in [3.63, 3.8) is 0 Å². The van der Waals surface area contributed by atoms with Gasteiger partial charge in [0.15, 0.2) is 0 Å². The fraction of sp³-hybridized carbons (Fsp3) is 0.562. The maximum absolute atomic E-state index is 5.41. The molecule has 0 bridgehead atoms. The summed E-state index contributed by atoms with van der Waals surface area (Å²) in [4.78, 5) is 2.49. The van der Waals surface area contributed by atoms with E-state index in [9.17, 15) is 0 Å². The van der Waals surface area contributed by atoms with Crippen molar-refractivity contribution in [2.45, 2.75) is 13.8 Å². The van der Waals surface area contributed by atoms with Gasteiger partial charge in [0.2, 0.25) is 0 Å².